The summed E-state index contributed by atoms with van der Waals surface area (Å²) in [4.78, 5) is 8.70. The van der Waals surface area contributed by atoms with Gasteiger partial charge < -0.3 is 10.8 Å². The van der Waals surface area contributed by atoms with Crippen LogP contribution in [0.2, 0.25) is 0 Å². The first kappa shape index (κ1) is 11.2. The number of rotatable bonds is 3. The molecule has 0 bridgehead atoms. The van der Waals surface area contributed by atoms with Crippen molar-refractivity contribution in [1.82, 2.24) is 9.97 Å². The van der Waals surface area contributed by atoms with Gasteiger partial charge in [-0.15, -0.1) is 0 Å². The molecule has 5 heteroatoms. The molecule has 1 unspecified atom stereocenters. The first-order valence-electron chi connectivity index (χ1n) is 5.00. The molecule has 16 heavy (non-hydrogen) atoms. The molecule has 0 saturated heterocycles. The van der Waals surface area contributed by atoms with Crippen LogP contribution >= 0.6 is 11.8 Å². The Kier molecular flexibility index (Phi) is 3.26. The van der Waals surface area contributed by atoms with Gasteiger partial charge >= 0.3 is 0 Å². The van der Waals surface area contributed by atoms with Gasteiger partial charge in [-0.25, -0.2) is 9.97 Å². The molecule has 0 aliphatic carbocycles. The van der Waals surface area contributed by atoms with Crippen molar-refractivity contribution in [2.24, 2.45) is 0 Å². The molecule has 2 rings (SSSR count). The van der Waals surface area contributed by atoms with E-state index in [1.807, 2.05) is 31.2 Å². The summed E-state index contributed by atoms with van der Waals surface area (Å²) < 4.78 is 0. The third-order valence-corrected chi connectivity index (χ3v) is 3.21. The number of hydrogen-bond acceptors (Lipinski definition) is 5. The van der Waals surface area contributed by atoms with Crippen molar-refractivity contribution < 1.29 is 5.11 Å². The van der Waals surface area contributed by atoms with Gasteiger partial charge in [-0.2, -0.15) is 0 Å². The Morgan fingerprint density at radius 3 is 2.56 bits per heavy atom. The second kappa shape index (κ2) is 4.67. The highest BCUT2D eigenvalue weighted by Crippen LogP contribution is 2.27. The summed E-state index contributed by atoms with van der Waals surface area (Å²) in [6.07, 6.45) is 0. The van der Waals surface area contributed by atoms with Crippen molar-refractivity contribution in [1.29, 1.82) is 0 Å². The van der Waals surface area contributed by atoms with Crippen molar-refractivity contribution in [2.75, 3.05) is 12.3 Å². The Morgan fingerprint density at radius 1 is 1.31 bits per heavy atom. The van der Waals surface area contributed by atoms with Crippen LogP contribution in [-0.4, -0.2) is 26.9 Å². The lowest BCUT2D eigenvalue weighted by molar-refractivity contribution is 0.300. The fourth-order valence-corrected chi connectivity index (χ4v) is 2.09. The van der Waals surface area contributed by atoms with Crippen molar-refractivity contribution in [2.45, 2.75) is 17.2 Å². The zero-order valence-corrected chi connectivity index (χ0v) is 9.74. The van der Waals surface area contributed by atoms with Gasteiger partial charge in [0, 0.05) is 5.25 Å². The lowest BCUT2D eigenvalue weighted by atomic mass is 10.3. The van der Waals surface area contributed by atoms with Gasteiger partial charge in [0.15, 0.2) is 5.82 Å². The predicted molar refractivity (Wildman–Crippen MR) is 66.4 cm³/mol. The fourth-order valence-electron chi connectivity index (χ4n) is 1.31. The van der Waals surface area contributed by atoms with Crippen LogP contribution in [0.3, 0.4) is 0 Å². The molecule has 4 nitrogen and oxygen atoms in total. The van der Waals surface area contributed by atoms with Crippen LogP contribution in [0.15, 0.2) is 29.3 Å². The molecular formula is C11H13N3OS. The number of para-hydroxylation sites is 2. The fraction of sp³-hybridized carbons (Fsp3) is 0.273. The van der Waals surface area contributed by atoms with Gasteiger partial charge in [0.05, 0.1) is 17.6 Å². The van der Waals surface area contributed by atoms with E-state index in [-0.39, 0.29) is 11.9 Å². The number of aliphatic hydroxyl groups is 1. The molecule has 3 N–H and O–H groups in total. The molecule has 84 valence electrons. The highest BCUT2D eigenvalue weighted by Gasteiger charge is 2.10. The van der Waals surface area contributed by atoms with E-state index >= 15 is 0 Å². The summed E-state index contributed by atoms with van der Waals surface area (Å²) in [7, 11) is 0. The maximum Gasteiger partial charge on any atom is 0.156 e. The number of hydrogen-bond donors (Lipinski definition) is 2. The van der Waals surface area contributed by atoms with Crippen LogP contribution in [0.25, 0.3) is 11.0 Å². The van der Waals surface area contributed by atoms with E-state index in [1.165, 1.54) is 11.8 Å². The molecular weight excluding hydrogens is 222 g/mol. The summed E-state index contributed by atoms with van der Waals surface area (Å²) in [5, 5.41) is 9.74. The van der Waals surface area contributed by atoms with Gasteiger partial charge in [0.2, 0.25) is 0 Å². The van der Waals surface area contributed by atoms with Crippen molar-refractivity contribution in [3.05, 3.63) is 24.3 Å². The average Bonchev–Trinajstić information content (AvgIpc) is 2.30. The molecule has 0 radical (unpaired) electrons. The van der Waals surface area contributed by atoms with Gasteiger partial charge in [0.1, 0.15) is 5.03 Å². The smallest absolute Gasteiger partial charge is 0.156 e. The molecule has 0 aliphatic rings. The zero-order valence-electron chi connectivity index (χ0n) is 8.92. The van der Waals surface area contributed by atoms with Crippen LogP contribution in [0.4, 0.5) is 5.82 Å². The van der Waals surface area contributed by atoms with E-state index in [9.17, 15) is 0 Å². The maximum atomic E-state index is 8.99. The van der Waals surface area contributed by atoms with Gasteiger partial charge in [-0.1, -0.05) is 30.8 Å². The van der Waals surface area contributed by atoms with Crippen molar-refractivity contribution >= 4 is 28.6 Å². The van der Waals surface area contributed by atoms with E-state index in [2.05, 4.69) is 9.97 Å². The average molecular weight is 235 g/mol. The first-order valence-corrected chi connectivity index (χ1v) is 5.88. The first-order chi connectivity index (χ1) is 7.70. The second-order valence-corrected chi connectivity index (χ2v) is 4.94. The van der Waals surface area contributed by atoms with Crippen LogP contribution < -0.4 is 5.73 Å². The third-order valence-electron chi connectivity index (χ3n) is 2.13. The van der Waals surface area contributed by atoms with E-state index in [4.69, 9.17) is 10.8 Å². The van der Waals surface area contributed by atoms with Crippen molar-refractivity contribution in [3.63, 3.8) is 0 Å². The van der Waals surface area contributed by atoms with Gasteiger partial charge in [-0.3, -0.25) is 0 Å². The predicted octanol–water partition coefficient (Wildman–Crippen LogP) is 1.68. The lowest BCUT2D eigenvalue weighted by Gasteiger charge is -2.09. The second-order valence-electron chi connectivity index (χ2n) is 3.51. The molecule has 1 heterocycles. The topological polar surface area (TPSA) is 72.0 Å². The standard InChI is InChI=1S/C11H13N3OS/c1-7(6-15)16-11-10(12)13-8-4-2-3-5-9(8)14-11/h2-5,7,15H,6H2,1H3,(H2,12,13). The number of aromatic nitrogens is 2. The van der Waals surface area contributed by atoms with Crippen LogP contribution in [0, 0.1) is 0 Å². The van der Waals surface area contributed by atoms with Crippen LogP contribution in [0.5, 0.6) is 0 Å². The Morgan fingerprint density at radius 2 is 1.94 bits per heavy atom. The summed E-state index contributed by atoms with van der Waals surface area (Å²) >= 11 is 1.44. The minimum Gasteiger partial charge on any atom is -0.395 e. The van der Waals surface area contributed by atoms with E-state index in [0.717, 1.165) is 11.0 Å². The van der Waals surface area contributed by atoms with Gasteiger partial charge in [-0.05, 0) is 12.1 Å². The number of benzene rings is 1. The summed E-state index contributed by atoms with van der Waals surface area (Å²) in [6.45, 7) is 2.01. The Labute approximate surface area is 97.9 Å². The maximum absolute atomic E-state index is 8.99. The minimum absolute atomic E-state index is 0.0674. The molecule has 1 aromatic carbocycles. The molecule has 0 fully saturated rings. The summed E-state index contributed by atoms with van der Waals surface area (Å²) in [6, 6.07) is 7.59. The lowest BCUT2D eigenvalue weighted by Crippen LogP contribution is -2.05. The van der Waals surface area contributed by atoms with Gasteiger partial charge in [0.25, 0.3) is 0 Å². The van der Waals surface area contributed by atoms with E-state index in [1.54, 1.807) is 0 Å². The SMILES string of the molecule is CC(CO)Sc1nc2ccccc2nc1N. The quantitative estimate of drug-likeness (QED) is 0.792. The Hall–Kier alpha value is -1.33. The molecule has 0 saturated carbocycles. The monoisotopic (exact) mass is 235 g/mol. The number of fused-ring (bicyclic) bond motifs is 1. The number of nitrogen functional groups attached to an aromatic ring is 1. The molecule has 1 aromatic heterocycles. The minimum atomic E-state index is 0.0674. The molecule has 0 aliphatic heterocycles. The third kappa shape index (κ3) is 2.25. The number of thioether (sulfide) groups is 1. The van der Waals surface area contributed by atoms with Crippen LogP contribution in [0.1, 0.15) is 6.92 Å². The zero-order chi connectivity index (χ0) is 11.5. The highest BCUT2D eigenvalue weighted by atomic mass is 32.2. The number of nitrogens with zero attached hydrogens (tertiary/aromatic N) is 2. The summed E-state index contributed by atoms with van der Waals surface area (Å²) in [5.41, 5.74) is 7.43. The largest absolute Gasteiger partial charge is 0.395 e. The van der Waals surface area contributed by atoms with E-state index in [0.29, 0.717) is 10.8 Å². The Balaban J connectivity index is 2.42. The molecule has 2 aromatic rings. The van der Waals surface area contributed by atoms with Crippen molar-refractivity contribution in [3.8, 4) is 0 Å². The molecule has 0 spiro atoms. The number of aliphatic hydroxyl groups excluding tert-OH is 1. The van der Waals surface area contributed by atoms with E-state index < -0.39 is 0 Å². The Bertz CT molecular complexity index is 504. The number of anilines is 1. The molecule has 1 atom stereocenters. The normalized spacial score (nSPS) is 12.9. The molecule has 0 amide bonds. The van der Waals surface area contributed by atoms with Crippen LogP contribution in [-0.2, 0) is 0 Å². The summed E-state index contributed by atoms with van der Waals surface area (Å²) in [5.74, 6) is 0.420. The number of nitrogens with two attached hydrogens (primary N) is 1. The highest BCUT2D eigenvalue weighted by molar-refractivity contribution is 8.00.